The summed E-state index contributed by atoms with van der Waals surface area (Å²) in [5.74, 6) is -0.205. The molecule has 3 heterocycles. The van der Waals surface area contributed by atoms with Gasteiger partial charge in [0.05, 0.1) is 6.20 Å². The molecule has 1 fully saturated rings. The molecule has 1 aliphatic rings. The highest BCUT2D eigenvalue weighted by Gasteiger charge is 2.29. The molecule has 1 N–H and O–H groups in total. The molecule has 1 saturated carbocycles. The lowest BCUT2D eigenvalue weighted by atomic mass is 10.2. The molecule has 0 spiro atoms. The van der Waals surface area contributed by atoms with Crippen LogP contribution in [0.2, 0.25) is 0 Å². The number of hydrogen-bond donors (Lipinski definition) is 1. The van der Waals surface area contributed by atoms with Gasteiger partial charge in [-0.3, -0.25) is 9.78 Å². The number of fused-ring (bicyclic) bond motifs is 1. The number of rotatable bonds is 5. The third-order valence-corrected chi connectivity index (χ3v) is 4.16. The molecular weight excluding hydrogens is 328 g/mol. The molecule has 1 aliphatic carbocycles. The van der Waals surface area contributed by atoms with Crippen LogP contribution in [0.25, 0.3) is 5.65 Å². The van der Waals surface area contributed by atoms with Crippen LogP contribution in [0, 0.1) is 0 Å². The van der Waals surface area contributed by atoms with Crippen LogP contribution in [-0.4, -0.2) is 25.5 Å². The molecule has 0 bridgehead atoms. The molecule has 1 amide bonds. The van der Waals surface area contributed by atoms with Crippen molar-refractivity contribution < 1.29 is 13.6 Å². The van der Waals surface area contributed by atoms with Gasteiger partial charge in [-0.25, -0.2) is 18.3 Å². The third kappa shape index (κ3) is 3.07. The Morgan fingerprint density at radius 2 is 2.20 bits per heavy atom. The van der Waals surface area contributed by atoms with Gasteiger partial charge < -0.3 is 5.32 Å². The minimum atomic E-state index is -2.69. The first-order chi connectivity index (χ1) is 12.1. The largest absolute Gasteiger partial charge is 0.348 e. The summed E-state index contributed by atoms with van der Waals surface area (Å²) in [6.45, 7) is 0.286. The highest BCUT2D eigenvalue weighted by atomic mass is 19.3. The first-order valence-electron chi connectivity index (χ1n) is 7.97. The fourth-order valence-electron chi connectivity index (χ4n) is 2.69. The Morgan fingerprint density at radius 3 is 2.88 bits per heavy atom. The number of nitrogens with zero attached hydrogens (tertiary/aromatic N) is 4. The number of carbonyl (C=O) groups is 1. The average Bonchev–Trinajstić information content (AvgIpc) is 3.39. The normalized spacial score (nSPS) is 14.2. The molecular formula is C17H15F2N5O. The molecule has 0 radical (unpaired) electrons. The lowest BCUT2D eigenvalue weighted by molar-refractivity contribution is 0.0952. The van der Waals surface area contributed by atoms with Crippen LogP contribution in [0.1, 0.15) is 52.5 Å². The Morgan fingerprint density at radius 1 is 1.36 bits per heavy atom. The number of halogens is 2. The van der Waals surface area contributed by atoms with Gasteiger partial charge in [0, 0.05) is 30.6 Å². The second-order valence-electron chi connectivity index (χ2n) is 6.02. The predicted molar refractivity (Wildman–Crippen MR) is 85.3 cm³/mol. The van der Waals surface area contributed by atoms with E-state index >= 15 is 0 Å². The van der Waals surface area contributed by atoms with Crippen molar-refractivity contribution in [1.29, 1.82) is 0 Å². The van der Waals surface area contributed by atoms with Crippen molar-refractivity contribution >= 4 is 11.6 Å². The zero-order chi connectivity index (χ0) is 17.4. The number of alkyl halides is 2. The summed E-state index contributed by atoms with van der Waals surface area (Å²) in [7, 11) is 0. The number of amides is 1. The fourth-order valence-corrected chi connectivity index (χ4v) is 2.69. The monoisotopic (exact) mass is 343 g/mol. The molecule has 0 unspecified atom stereocenters. The van der Waals surface area contributed by atoms with Crippen molar-refractivity contribution in [3.05, 3.63) is 59.3 Å². The Bertz CT molecular complexity index is 921. The van der Waals surface area contributed by atoms with Gasteiger partial charge in [0.15, 0.2) is 5.65 Å². The van der Waals surface area contributed by atoms with Gasteiger partial charge in [0.2, 0.25) is 0 Å². The van der Waals surface area contributed by atoms with E-state index in [2.05, 4.69) is 20.4 Å². The van der Waals surface area contributed by atoms with E-state index in [4.69, 9.17) is 0 Å². The zero-order valence-electron chi connectivity index (χ0n) is 13.2. The van der Waals surface area contributed by atoms with E-state index < -0.39 is 12.3 Å². The highest BCUT2D eigenvalue weighted by molar-refractivity contribution is 5.99. The van der Waals surface area contributed by atoms with Gasteiger partial charge in [-0.15, -0.1) is 0 Å². The fraction of sp³-hybridized carbons (Fsp3) is 0.294. The third-order valence-electron chi connectivity index (χ3n) is 4.16. The Hall–Kier alpha value is -2.90. The van der Waals surface area contributed by atoms with E-state index in [1.807, 2.05) is 6.07 Å². The van der Waals surface area contributed by atoms with E-state index in [9.17, 15) is 13.6 Å². The molecule has 3 aromatic rings. The van der Waals surface area contributed by atoms with Crippen molar-refractivity contribution in [3.8, 4) is 0 Å². The summed E-state index contributed by atoms with van der Waals surface area (Å²) in [5, 5.41) is 6.68. The van der Waals surface area contributed by atoms with Gasteiger partial charge in [-0.05, 0) is 30.5 Å². The Labute approximate surface area is 141 Å². The molecule has 0 saturated heterocycles. The van der Waals surface area contributed by atoms with Crippen LogP contribution >= 0.6 is 0 Å². The van der Waals surface area contributed by atoms with Gasteiger partial charge in [-0.2, -0.15) is 5.10 Å². The quantitative estimate of drug-likeness (QED) is 0.773. The van der Waals surface area contributed by atoms with Crippen molar-refractivity contribution in [2.24, 2.45) is 0 Å². The summed E-state index contributed by atoms with van der Waals surface area (Å²) in [6, 6.07) is 5.00. The number of pyridine rings is 1. The summed E-state index contributed by atoms with van der Waals surface area (Å²) < 4.78 is 27.7. The standard InChI is InChI=1S/C17H15F2N5O/c18-15(19)14-6-13(11-3-4-11)23-16-12(9-22-24(14)16)17(25)21-8-10-2-1-5-20-7-10/h1-2,5-7,9,11,15H,3-4,8H2,(H,21,25). The lowest BCUT2D eigenvalue weighted by Gasteiger charge is -2.08. The second kappa shape index (κ2) is 6.19. The molecule has 0 aliphatic heterocycles. The number of nitrogens with one attached hydrogen (secondary N) is 1. The van der Waals surface area contributed by atoms with Crippen LogP contribution < -0.4 is 5.32 Å². The maximum atomic E-state index is 13.3. The summed E-state index contributed by atoms with van der Waals surface area (Å²) >= 11 is 0. The molecule has 0 aromatic carbocycles. The average molecular weight is 343 g/mol. The number of carbonyl (C=O) groups excluding carboxylic acids is 1. The van der Waals surface area contributed by atoms with Gasteiger partial charge in [0.25, 0.3) is 12.3 Å². The molecule has 8 heteroatoms. The van der Waals surface area contributed by atoms with Crippen molar-refractivity contribution in [2.75, 3.05) is 0 Å². The van der Waals surface area contributed by atoms with E-state index in [1.54, 1.807) is 18.5 Å². The SMILES string of the molecule is O=C(NCc1cccnc1)c1cnn2c(C(F)F)cc(C3CC3)nc12. The van der Waals surface area contributed by atoms with Crippen LogP contribution in [0.15, 0.2) is 36.8 Å². The van der Waals surface area contributed by atoms with Crippen molar-refractivity contribution in [3.63, 3.8) is 0 Å². The lowest BCUT2D eigenvalue weighted by Crippen LogP contribution is -2.23. The second-order valence-corrected chi connectivity index (χ2v) is 6.02. The predicted octanol–water partition coefficient (Wildman–Crippen LogP) is 2.87. The van der Waals surface area contributed by atoms with Gasteiger partial charge >= 0.3 is 0 Å². The van der Waals surface area contributed by atoms with Crippen molar-refractivity contribution in [1.82, 2.24) is 24.9 Å². The Balaban J connectivity index is 1.66. The van der Waals surface area contributed by atoms with Crippen molar-refractivity contribution in [2.45, 2.75) is 31.7 Å². The highest BCUT2D eigenvalue weighted by Crippen LogP contribution is 2.40. The number of aromatic nitrogens is 4. The maximum Gasteiger partial charge on any atom is 0.280 e. The van der Waals surface area contributed by atoms with E-state index in [0.717, 1.165) is 22.9 Å². The van der Waals surface area contributed by atoms with E-state index in [-0.39, 0.29) is 29.4 Å². The van der Waals surface area contributed by atoms with E-state index in [0.29, 0.717) is 5.69 Å². The number of hydrogen-bond acceptors (Lipinski definition) is 4. The molecule has 3 aromatic heterocycles. The van der Waals surface area contributed by atoms with Gasteiger partial charge in [-0.1, -0.05) is 6.07 Å². The first kappa shape index (κ1) is 15.6. The summed E-state index contributed by atoms with van der Waals surface area (Å²) in [5.41, 5.74) is 1.56. The van der Waals surface area contributed by atoms with Gasteiger partial charge in [0.1, 0.15) is 11.3 Å². The first-order valence-corrected chi connectivity index (χ1v) is 7.97. The Kier molecular flexibility index (Phi) is 3.87. The zero-order valence-corrected chi connectivity index (χ0v) is 13.2. The molecule has 0 atom stereocenters. The smallest absolute Gasteiger partial charge is 0.280 e. The minimum Gasteiger partial charge on any atom is -0.348 e. The van der Waals surface area contributed by atoms with Crippen LogP contribution in [0.5, 0.6) is 0 Å². The molecule has 25 heavy (non-hydrogen) atoms. The topological polar surface area (TPSA) is 72.2 Å². The molecule has 6 nitrogen and oxygen atoms in total. The van der Waals surface area contributed by atoms with E-state index in [1.165, 1.54) is 12.3 Å². The van der Waals surface area contributed by atoms with Crippen LogP contribution in [-0.2, 0) is 6.54 Å². The molecule has 128 valence electrons. The minimum absolute atomic E-state index is 0.170. The van der Waals surface area contributed by atoms with Crippen LogP contribution in [0.4, 0.5) is 8.78 Å². The maximum absolute atomic E-state index is 13.3. The molecule has 4 rings (SSSR count). The van der Waals surface area contributed by atoms with Crippen LogP contribution in [0.3, 0.4) is 0 Å². The summed E-state index contributed by atoms with van der Waals surface area (Å²) in [4.78, 5) is 20.8. The summed E-state index contributed by atoms with van der Waals surface area (Å²) in [6.07, 6.45) is 3.75.